The van der Waals surface area contributed by atoms with Gasteiger partial charge >= 0.3 is 5.97 Å². The molecule has 114 valence electrons. The highest BCUT2D eigenvalue weighted by atomic mass is 16.5. The number of benzene rings is 1. The van der Waals surface area contributed by atoms with Gasteiger partial charge in [0, 0.05) is 17.5 Å². The van der Waals surface area contributed by atoms with E-state index in [1.807, 2.05) is 18.2 Å². The highest BCUT2D eigenvalue weighted by Gasteiger charge is 2.38. The van der Waals surface area contributed by atoms with Crippen LogP contribution in [0.2, 0.25) is 0 Å². The monoisotopic (exact) mass is 289 g/mol. The number of nitrogens with zero attached hydrogens (tertiary/aromatic N) is 1. The molecule has 1 aromatic carbocycles. The van der Waals surface area contributed by atoms with Gasteiger partial charge in [0.2, 0.25) is 0 Å². The molecule has 0 aliphatic carbocycles. The van der Waals surface area contributed by atoms with Gasteiger partial charge in [0.05, 0.1) is 6.61 Å². The Morgan fingerprint density at radius 1 is 1.29 bits per heavy atom. The summed E-state index contributed by atoms with van der Waals surface area (Å²) in [6, 6.07) is 7.84. The Hall–Kier alpha value is -1.55. The van der Waals surface area contributed by atoms with E-state index < -0.39 is 5.97 Å². The van der Waals surface area contributed by atoms with Crippen LogP contribution in [0.1, 0.15) is 44.2 Å². The van der Waals surface area contributed by atoms with Crippen LogP contribution in [0.15, 0.2) is 24.3 Å². The summed E-state index contributed by atoms with van der Waals surface area (Å²) in [7, 11) is 0. The summed E-state index contributed by atoms with van der Waals surface area (Å²) in [4.78, 5) is 13.9. The molecule has 2 aliphatic heterocycles. The molecule has 0 bridgehead atoms. The summed E-state index contributed by atoms with van der Waals surface area (Å²) in [6.07, 6.45) is 3.96. The van der Waals surface area contributed by atoms with Crippen LogP contribution < -0.4 is 4.74 Å². The molecule has 1 fully saturated rings. The SMILES string of the molecule is CC1COc2ccccc2C1N1CCCCCC1C(=O)O. The zero-order valence-electron chi connectivity index (χ0n) is 12.5. The molecule has 1 saturated heterocycles. The average molecular weight is 289 g/mol. The van der Waals surface area contributed by atoms with Gasteiger partial charge in [-0.05, 0) is 25.5 Å². The molecule has 4 heteroatoms. The van der Waals surface area contributed by atoms with Gasteiger partial charge in [-0.1, -0.05) is 38.0 Å². The number of ether oxygens (including phenoxy) is 1. The fraction of sp³-hybridized carbons (Fsp3) is 0.588. The normalized spacial score (nSPS) is 30.0. The second-order valence-corrected chi connectivity index (χ2v) is 6.21. The van der Waals surface area contributed by atoms with Crippen molar-refractivity contribution in [1.82, 2.24) is 4.90 Å². The second kappa shape index (κ2) is 6.06. The Morgan fingerprint density at radius 3 is 2.90 bits per heavy atom. The van der Waals surface area contributed by atoms with Crippen LogP contribution in [0.3, 0.4) is 0 Å². The molecule has 0 amide bonds. The molecule has 21 heavy (non-hydrogen) atoms. The zero-order valence-corrected chi connectivity index (χ0v) is 12.5. The number of hydrogen-bond acceptors (Lipinski definition) is 3. The lowest BCUT2D eigenvalue weighted by Crippen LogP contribution is -2.47. The maximum atomic E-state index is 11.7. The van der Waals surface area contributed by atoms with Crippen LogP contribution >= 0.6 is 0 Å². The number of hydrogen-bond donors (Lipinski definition) is 1. The Kier molecular flexibility index (Phi) is 4.15. The highest BCUT2D eigenvalue weighted by Crippen LogP contribution is 2.41. The van der Waals surface area contributed by atoms with Crippen LogP contribution in [0.4, 0.5) is 0 Å². The van der Waals surface area contributed by atoms with Crippen LogP contribution in [0.5, 0.6) is 5.75 Å². The first-order valence-corrected chi connectivity index (χ1v) is 7.89. The third kappa shape index (κ3) is 2.77. The molecule has 0 radical (unpaired) electrons. The van der Waals surface area contributed by atoms with Crippen molar-refractivity contribution in [3.63, 3.8) is 0 Å². The molecule has 0 aromatic heterocycles. The zero-order chi connectivity index (χ0) is 14.8. The number of fused-ring (bicyclic) bond motifs is 1. The van der Waals surface area contributed by atoms with Gasteiger partial charge in [-0.15, -0.1) is 0 Å². The first-order valence-electron chi connectivity index (χ1n) is 7.89. The molecule has 2 aliphatic rings. The predicted molar refractivity (Wildman–Crippen MR) is 80.4 cm³/mol. The van der Waals surface area contributed by atoms with E-state index >= 15 is 0 Å². The minimum atomic E-state index is -0.687. The van der Waals surface area contributed by atoms with Gasteiger partial charge in [-0.2, -0.15) is 0 Å². The third-order valence-corrected chi connectivity index (χ3v) is 4.71. The van der Waals surface area contributed by atoms with Crippen molar-refractivity contribution in [2.24, 2.45) is 5.92 Å². The number of likely N-dealkylation sites (tertiary alicyclic amines) is 1. The van der Waals surface area contributed by atoms with Gasteiger partial charge < -0.3 is 9.84 Å². The molecule has 1 aromatic rings. The molecule has 3 rings (SSSR count). The molecule has 3 atom stereocenters. The summed E-state index contributed by atoms with van der Waals surface area (Å²) < 4.78 is 5.81. The molecule has 4 nitrogen and oxygen atoms in total. The summed E-state index contributed by atoms with van der Waals surface area (Å²) in [5, 5.41) is 9.63. The second-order valence-electron chi connectivity index (χ2n) is 6.21. The first-order chi connectivity index (χ1) is 10.2. The highest BCUT2D eigenvalue weighted by molar-refractivity contribution is 5.73. The van der Waals surface area contributed by atoms with Crippen molar-refractivity contribution in [3.05, 3.63) is 29.8 Å². The van der Waals surface area contributed by atoms with E-state index in [0.29, 0.717) is 12.5 Å². The van der Waals surface area contributed by atoms with Gasteiger partial charge in [-0.3, -0.25) is 9.69 Å². The van der Waals surface area contributed by atoms with Crippen molar-refractivity contribution >= 4 is 5.97 Å². The van der Waals surface area contributed by atoms with Gasteiger partial charge in [0.15, 0.2) is 0 Å². The minimum absolute atomic E-state index is 0.147. The van der Waals surface area contributed by atoms with Crippen LogP contribution in [-0.2, 0) is 4.79 Å². The Morgan fingerprint density at radius 2 is 2.10 bits per heavy atom. The van der Waals surface area contributed by atoms with Crippen molar-refractivity contribution in [1.29, 1.82) is 0 Å². The van der Waals surface area contributed by atoms with E-state index in [2.05, 4.69) is 17.9 Å². The molecule has 3 unspecified atom stereocenters. The summed E-state index contributed by atoms with van der Waals surface area (Å²) in [6.45, 7) is 3.68. The van der Waals surface area contributed by atoms with E-state index in [9.17, 15) is 9.90 Å². The summed E-state index contributed by atoms with van der Waals surface area (Å²) in [5.74, 6) is 0.530. The Bertz CT molecular complexity index is 517. The van der Waals surface area contributed by atoms with E-state index in [1.165, 1.54) is 0 Å². The minimum Gasteiger partial charge on any atom is -0.493 e. The molecule has 2 heterocycles. The van der Waals surface area contributed by atoms with Crippen molar-refractivity contribution < 1.29 is 14.6 Å². The van der Waals surface area contributed by atoms with Crippen LogP contribution in [-0.4, -0.2) is 35.2 Å². The topological polar surface area (TPSA) is 49.8 Å². The Labute approximate surface area is 125 Å². The Balaban J connectivity index is 1.97. The number of carboxylic acids is 1. The van der Waals surface area contributed by atoms with E-state index in [0.717, 1.165) is 43.5 Å². The van der Waals surface area contributed by atoms with Crippen molar-refractivity contribution in [3.8, 4) is 5.75 Å². The molecule has 1 N–H and O–H groups in total. The average Bonchev–Trinajstić information content (AvgIpc) is 2.73. The fourth-order valence-electron chi connectivity index (χ4n) is 3.71. The quantitative estimate of drug-likeness (QED) is 0.909. The number of rotatable bonds is 2. The van der Waals surface area contributed by atoms with E-state index in [-0.39, 0.29) is 12.1 Å². The van der Waals surface area contributed by atoms with Crippen molar-refractivity contribution in [2.45, 2.75) is 44.7 Å². The number of carbonyl (C=O) groups is 1. The summed E-state index contributed by atoms with van der Waals surface area (Å²) in [5.41, 5.74) is 1.14. The van der Waals surface area contributed by atoms with Crippen LogP contribution in [0.25, 0.3) is 0 Å². The number of carboxylic acid groups (broad SMARTS) is 1. The van der Waals surface area contributed by atoms with Gasteiger partial charge in [0.1, 0.15) is 11.8 Å². The predicted octanol–water partition coefficient (Wildman–Crippen LogP) is 3.09. The van der Waals surface area contributed by atoms with Crippen molar-refractivity contribution in [2.75, 3.05) is 13.2 Å². The lowest BCUT2D eigenvalue weighted by Gasteiger charge is -2.41. The number of para-hydroxylation sites is 1. The standard InChI is InChI=1S/C17H23NO3/c1-12-11-21-15-9-5-4-7-13(15)16(12)18-10-6-2-3-8-14(18)17(19)20/h4-5,7,9,12,14,16H,2-3,6,8,10-11H2,1H3,(H,19,20). The number of aliphatic carboxylic acids is 1. The molecule has 0 saturated carbocycles. The smallest absolute Gasteiger partial charge is 0.320 e. The largest absolute Gasteiger partial charge is 0.493 e. The maximum Gasteiger partial charge on any atom is 0.320 e. The van der Waals surface area contributed by atoms with Crippen LogP contribution in [0, 0.1) is 5.92 Å². The van der Waals surface area contributed by atoms with E-state index in [1.54, 1.807) is 0 Å². The molecular formula is C17H23NO3. The maximum absolute atomic E-state index is 11.7. The lowest BCUT2D eigenvalue weighted by molar-refractivity contribution is -0.145. The first kappa shape index (κ1) is 14.4. The van der Waals surface area contributed by atoms with Gasteiger partial charge in [-0.25, -0.2) is 0 Å². The molecular weight excluding hydrogens is 266 g/mol. The lowest BCUT2D eigenvalue weighted by atomic mass is 9.89. The fourth-order valence-corrected chi connectivity index (χ4v) is 3.71. The molecule has 0 spiro atoms. The third-order valence-electron chi connectivity index (χ3n) is 4.71. The van der Waals surface area contributed by atoms with E-state index in [4.69, 9.17) is 4.74 Å². The van der Waals surface area contributed by atoms with Gasteiger partial charge in [0.25, 0.3) is 0 Å². The summed E-state index contributed by atoms with van der Waals surface area (Å²) >= 11 is 0.